The van der Waals surface area contributed by atoms with Crippen LogP contribution < -0.4 is 14.8 Å². The number of halogens is 2. The first-order valence-electron chi connectivity index (χ1n) is 10.6. The molecule has 0 spiro atoms. The van der Waals surface area contributed by atoms with Crippen molar-refractivity contribution < 1.29 is 9.47 Å². The number of fused-ring (bicyclic) bond motifs is 1. The Kier molecular flexibility index (Phi) is 7.43. The number of hydrogen-bond acceptors (Lipinski definition) is 3. The fourth-order valence-electron chi connectivity index (χ4n) is 3.69. The van der Waals surface area contributed by atoms with Gasteiger partial charge in [0.2, 0.25) is 0 Å². The molecule has 1 N–H and O–H groups in total. The number of rotatable bonds is 8. The molecule has 0 saturated heterocycles. The summed E-state index contributed by atoms with van der Waals surface area (Å²) in [5.41, 5.74) is 4.35. The first kappa shape index (κ1) is 22.7. The molecule has 0 heterocycles. The maximum atomic E-state index is 6.30. The predicted molar refractivity (Wildman–Crippen MR) is 142 cm³/mol. The molecule has 4 aromatic rings. The van der Waals surface area contributed by atoms with Crippen molar-refractivity contribution in [3.63, 3.8) is 0 Å². The molecule has 0 unspecified atom stereocenters. The maximum absolute atomic E-state index is 6.30. The molecule has 0 fully saturated rings. The van der Waals surface area contributed by atoms with Gasteiger partial charge < -0.3 is 14.8 Å². The molecule has 0 aromatic heterocycles. The molecule has 0 bridgehead atoms. The summed E-state index contributed by atoms with van der Waals surface area (Å²) in [7, 11) is 0. The summed E-state index contributed by atoms with van der Waals surface area (Å²) < 4.78 is 13.3. The van der Waals surface area contributed by atoms with E-state index in [0.717, 1.165) is 42.5 Å². The minimum atomic E-state index is 0.483. The van der Waals surface area contributed by atoms with E-state index in [9.17, 15) is 0 Å². The molecule has 3 nitrogen and oxygen atoms in total. The van der Waals surface area contributed by atoms with Gasteiger partial charge in [0.05, 0.1) is 10.2 Å². The van der Waals surface area contributed by atoms with Gasteiger partial charge in [-0.3, -0.25) is 0 Å². The Morgan fingerprint density at radius 1 is 0.938 bits per heavy atom. The van der Waals surface area contributed by atoms with Crippen molar-refractivity contribution >= 4 is 50.7 Å². The highest BCUT2D eigenvalue weighted by Crippen LogP contribution is 2.36. The van der Waals surface area contributed by atoms with Crippen LogP contribution in [0.1, 0.15) is 23.6 Å². The van der Waals surface area contributed by atoms with Crippen LogP contribution in [0.3, 0.4) is 0 Å². The third-order valence-corrected chi connectivity index (χ3v) is 6.58. The second-order valence-electron chi connectivity index (χ2n) is 7.53. The zero-order valence-electron chi connectivity index (χ0n) is 18.1. The van der Waals surface area contributed by atoms with E-state index < -0.39 is 0 Å². The zero-order chi connectivity index (χ0) is 22.5. The van der Waals surface area contributed by atoms with Crippen molar-refractivity contribution in [1.82, 2.24) is 0 Å². The van der Waals surface area contributed by atoms with Gasteiger partial charge in [0.1, 0.15) is 6.61 Å². The van der Waals surface area contributed by atoms with Crippen LogP contribution in [0.4, 0.5) is 5.69 Å². The Bertz CT molecular complexity index is 1240. The summed E-state index contributed by atoms with van der Waals surface area (Å²) in [5, 5.41) is 6.66. The number of ether oxygens (including phenoxy) is 2. The average molecular weight is 558 g/mol. The van der Waals surface area contributed by atoms with Gasteiger partial charge in [0.25, 0.3) is 0 Å². The number of anilines is 1. The summed E-state index contributed by atoms with van der Waals surface area (Å²) in [6, 6.07) is 24.8. The van der Waals surface area contributed by atoms with E-state index in [1.165, 1.54) is 10.8 Å². The summed E-state index contributed by atoms with van der Waals surface area (Å²) in [6.07, 6.45) is 0. The molecule has 0 radical (unpaired) electrons. The Balaban J connectivity index is 1.55. The molecule has 0 aliphatic rings. The lowest BCUT2D eigenvalue weighted by Crippen LogP contribution is -2.05. The van der Waals surface area contributed by atoms with Crippen LogP contribution in [0.15, 0.2) is 72.8 Å². The molecule has 0 aliphatic heterocycles. The lowest BCUT2D eigenvalue weighted by molar-refractivity contribution is 0.268. The van der Waals surface area contributed by atoms with Gasteiger partial charge in [-0.15, -0.1) is 0 Å². The highest BCUT2D eigenvalue weighted by atomic mass is 127. The van der Waals surface area contributed by atoms with Gasteiger partial charge in [-0.05, 0) is 88.2 Å². The molecule has 32 heavy (non-hydrogen) atoms. The molecule has 0 aliphatic carbocycles. The Labute approximate surface area is 207 Å². The van der Waals surface area contributed by atoms with Gasteiger partial charge in [0.15, 0.2) is 11.5 Å². The lowest BCUT2D eigenvalue weighted by atomic mass is 10.1. The fourth-order valence-corrected chi connectivity index (χ4v) is 4.69. The largest absolute Gasteiger partial charge is 0.490 e. The molecule has 0 atom stereocenters. The van der Waals surface area contributed by atoms with E-state index >= 15 is 0 Å². The van der Waals surface area contributed by atoms with Crippen molar-refractivity contribution in [2.75, 3.05) is 11.9 Å². The van der Waals surface area contributed by atoms with Crippen molar-refractivity contribution in [2.45, 2.75) is 27.0 Å². The second-order valence-corrected chi connectivity index (χ2v) is 9.10. The molecule has 4 aromatic carbocycles. The van der Waals surface area contributed by atoms with E-state index in [0.29, 0.717) is 19.8 Å². The summed E-state index contributed by atoms with van der Waals surface area (Å²) in [5.74, 6) is 1.54. The first-order chi connectivity index (χ1) is 15.6. The van der Waals surface area contributed by atoms with Crippen LogP contribution in [0.2, 0.25) is 5.02 Å². The van der Waals surface area contributed by atoms with Crippen LogP contribution in [-0.4, -0.2) is 6.61 Å². The lowest BCUT2D eigenvalue weighted by Gasteiger charge is -2.17. The highest BCUT2D eigenvalue weighted by molar-refractivity contribution is 14.1. The van der Waals surface area contributed by atoms with Crippen LogP contribution >= 0.6 is 34.2 Å². The van der Waals surface area contributed by atoms with Gasteiger partial charge in [-0.1, -0.05) is 60.1 Å². The first-order valence-corrected chi connectivity index (χ1v) is 12.1. The van der Waals surface area contributed by atoms with Crippen LogP contribution in [-0.2, 0) is 13.2 Å². The molecule has 0 amide bonds. The van der Waals surface area contributed by atoms with Crippen LogP contribution in [0.5, 0.6) is 11.5 Å². The van der Waals surface area contributed by atoms with Crippen molar-refractivity contribution in [3.8, 4) is 11.5 Å². The Morgan fingerprint density at radius 3 is 2.56 bits per heavy atom. The van der Waals surface area contributed by atoms with Crippen LogP contribution in [0, 0.1) is 10.5 Å². The Hall–Kier alpha value is -2.44. The molecule has 0 saturated carbocycles. The maximum Gasteiger partial charge on any atom is 0.174 e. The quantitative estimate of drug-likeness (QED) is 0.223. The van der Waals surface area contributed by atoms with Gasteiger partial charge >= 0.3 is 0 Å². The van der Waals surface area contributed by atoms with E-state index in [1.807, 2.05) is 32.0 Å². The predicted octanol–water partition coefficient (Wildman–Crippen LogP) is 8.00. The van der Waals surface area contributed by atoms with Crippen molar-refractivity contribution in [2.24, 2.45) is 0 Å². The summed E-state index contributed by atoms with van der Waals surface area (Å²) in [4.78, 5) is 0. The summed E-state index contributed by atoms with van der Waals surface area (Å²) >= 11 is 8.58. The third kappa shape index (κ3) is 5.13. The SMILES string of the molecule is CCOc1cc(CNc2cccc(Cl)c2C)cc(I)c1OCc1cccc2ccccc12. The third-order valence-electron chi connectivity index (χ3n) is 5.37. The number of benzene rings is 4. The van der Waals surface area contributed by atoms with Gasteiger partial charge in [-0.25, -0.2) is 0 Å². The van der Waals surface area contributed by atoms with Gasteiger partial charge in [0, 0.05) is 17.3 Å². The average Bonchev–Trinajstić information content (AvgIpc) is 2.80. The highest BCUT2D eigenvalue weighted by Gasteiger charge is 2.14. The molecular weight excluding hydrogens is 533 g/mol. The molecule has 5 heteroatoms. The molecule has 164 valence electrons. The number of nitrogens with one attached hydrogen (secondary N) is 1. The minimum Gasteiger partial charge on any atom is -0.490 e. The van der Waals surface area contributed by atoms with Crippen molar-refractivity contribution in [3.05, 3.63) is 98.1 Å². The molecule has 4 rings (SSSR count). The Morgan fingerprint density at radius 2 is 1.72 bits per heavy atom. The smallest absolute Gasteiger partial charge is 0.174 e. The summed E-state index contributed by atoms with van der Waals surface area (Å²) in [6.45, 7) is 5.73. The topological polar surface area (TPSA) is 30.5 Å². The van der Waals surface area contributed by atoms with Gasteiger partial charge in [-0.2, -0.15) is 0 Å². The van der Waals surface area contributed by atoms with E-state index in [4.69, 9.17) is 21.1 Å². The monoisotopic (exact) mass is 557 g/mol. The second kappa shape index (κ2) is 10.5. The van der Waals surface area contributed by atoms with Crippen LogP contribution in [0.25, 0.3) is 10.8 Å². The normalized spacial score (nSPS) is 10.9. The van der Waals surface area contributed by atoms with E-state index in [-0.39, 0.29) is 0 Å². The zero-order valence-corrected chi connectivity index (χ0v) is 21.0. The standard InChI is InChI=1S/C27H25ClINO2/c1-3-31-26-15-19(16-30-25-13-7-12-23(28)18(25)2)14-24(29)27(26)32-17-21-10-6-9-20-8-4-5-11-22(20)21/h4-15,30H,3,16-17H2,1-2H3. The van der Waals surface area contributed by atoms with Crippen molar-refractivity contribution in [1.29, 1.82) is 0 Å². The molecular formula is C27H25ClINO2. The minimum absolute atomic E-state index is 0.483. The van der Waals surface area contributed by atoms with E-state index in [2.05, 4.69) is 82.5 Å². The van der Waals surface area contributed by atoms with E-state index in [1.54, 1.807) is 0 Å². The number of hydrogen-bond donors (Lipinski definition) is 1. The fraction of sp³-hybridized carbons (Fsp3) is 0.185.